The lowest BCUT2D eigenvalue weighted by molar-refractivity contribution is 0.101. The molecule has 0 saturated heterocycles. The summed E-state index contributed by atoms with van der Waals surface area (Å²) in [6, 6.07) is 18.0. The molecule has 128 valence electrons. The highest BCUT2D eigenvalue weighted by atomic mass is 16.2. The number of carbonyl (C=O) groups excluding carboxylic acids is 1. The molecule has 0 spiro atoms. The van der Waals surface area contributed by atoms with Crippen molar-refractivity contribution in [3.05, 3.63) is 82.9 Å². The zero-order valence-electron chi connectivity index (χ0n) is 14.0. The van der Waals surface area contributed by atoms with Crippen molar-refractivity contribution in [3.63, 3.8) is 0 Å². The van der Waals surface area contributed by atoms with E-state index in [1.54, 1.807) is 0 Å². The quantitative estimate of drug-likeness (QED) is 0.618. The Morgan fingerprint density at radius 1 is 1.00 bits per heavy atom. The van der Waals surface area contributed by atoms with Gasteiger partial charge in [0.25, 0.3) is 11.5 Å². The summed E-state index contributed by atoms with van der Waals surface area (Å²) in [7, 11) is 1.50. The number of imidazole rings is 1. The van der Waals surface area contributed by atoms with Crippen molar-refractivity contribution in [1.82, 2.24) is 19.2 Å². The second kappa shape index (κ2) is 6.29. The van der Waals surface area contributed by atoms with Crippen LogP contribution >= 0.6 is 0 Å². The van der Waals surface area contributed by atoms with Gasteiger partial charge < -0.3 is 5.32 Å². The van der Waals surface area contributed by atoms with Gasteiger partial charge in [0.1, 0.15) is 22.9 Å². The van der Waals surface area contributed by atoms with Gasteiger partial charge in [-0.15, -0.1) is 0 Å². The number of amides is 1. The minimum atomic E-state index is -0.413. The number of aromatic nitrogens is 4. The van der Waals surface area contributed by atoms with Gasteiger partial charge in [0.05, 0.1) is 0 Å². The molecule has 26 heavy (non-hydrogen) atoms. The molecule has 0 aliphatic heterocycles. The number of aryl methyl sites for hydroxylation is 1. The molecule has 0 radical (unpaired) electrons. The number of hydrogen-bond acceptors (Lipinski definition) is 4. The first-order valence-corrected chi connectivity index (χ1v) is 8.02. The van der Waals surface area contributed by atoms with Gasteiger partial charge in [-0.2, -0.15) is 5.10 Å². The topological polar surface area (TPSA) is 81.3 Å². The van der Waals surface area contributed by atoms with Crippen LogP contribution in [0.2, 0.25) is 0 Å². The Balaban J connectivity index is 1.81. The van der Waals surface area contributed by atoms with E-state index in [9.17, 15) is 9.59 Å². The van der Waals surface area contributed by atoms with Crippen molar-refractivity contribution in [3.8, 4) is 11.3 Å². The third-order valence-corrected chi connectivity index (χ3v) is 4.00. The van der Waals surface area contributed by atoms with Crippen molar-refractivity contribution < 1.29 is 4.79 Å². The maximum Gasteiger partial charge on any atom is 0.277 e. The molecule has 0 aliphatic carbocycles. The Bertz CT molecular complexity index is 1160. The highest BCUT2D eigenvalue weighted by molar-refractivity contribution is 6.04. The van der Waals surface area contributed by atoms with Gasteiger partial charge in [-0.1, -0.05) is 36.4 Å². The molecule has 0 unspecified atom stereocenters. The van der Waals surface area contributed by atoms with Gasteiger partial charge in [-0.3, -0.25) is 14.0 Å². The lowest BCUT2D eigenvalue weighted by Gasteiger charge is -2.08. The largest absolute Gasteiger partial charge is 0.304 e. The number of fused-ring (bicyclic) bond motifs is 1. The van der Waals surface area contributed by atoms with Gasteiger partial charge in [-0.05, 0) is 18.2 Å². The molecule has 0 aliphatic rings. The Morgan fingerprint density at radius 3 is 2.54 bits per heavy atom. The van der Waals surface area contributed by atoms with Crippen LogP contribution in [0, 0.1) is 0 Å². The molecule has 0 saturated carbocycles. The zero-order valence-corrected chi connectivity index (χ0v) is 14.0. The summed E-state index contributed by atoms with van der Waals surface area (Å²) < 4.78 is 2.93. The van der Waals surface area contributed by atoms with Crippen molar-refractivity contribution >= 4 is 17.4 Å². The molecule has 7 nitrogen and oxygen atoms in total. The van der Waals surface area contributed by atoms with E-state index >= 15 is 0 Å². The van der Waals surface area contributed by atoms with E-state index in [-0.39, 0.29) is 11.3 Å². The Labute approximate surface area is 148 Å². The average molecular weight is 345 g/mol. The van der Waals surface area contributed by atoms with Crippen LogP contribution in [0.15, 0.2) is 71.7 Å². The average Bonchev–Trinajstić information content (AvgIpc) is 3.03. The van der Waals surface area contributed by atoms with Crippen molar-refractivity contribution in [2.45, 2.75) is 0 Å². The third kappa shape index (κ3) is 2.75. The normalized spacial score (nSPS) is 10.8. The van der Waals surface area contributed by atoms with E-state index in [1.807, 2.05) is 59.1 Å². The van der Waals surface area contributed by atoms with Crippen molar-refractivity contribution in [2.24, 2.45) is 7.05 Å². The first-order valence-electron chi connectivity index (χ1n) is 8.02. The number of carbonyl (C=O) groups is 1. The number of rotatable bonds is 3. The van der Waals surface area contributed by atoms with Crippen LogP contribution in [0.1, 0.15) is 10.5 Å². The molecule has 3 heterocycles. The van der Waals surface area contributed by atoms with Crippen LogP contribution in [-0.4, -0.2) is 25.1 Å². The van der Waals surface area contributed by atoms with Crippen LogP contribution in [0.3, 0.4) is 0 Å². The monoisotopic (exact) mass is 345 g/mol. The van der Waals surface area contributed by atoms with Crippen LogP contribution < -0.4 is 10.9 Å². The summed E-state index contributed by atoms with van der Waals surface area (Å²) in [6.45, 7) is 0. The molecule has 3 aromatic heterocycles. The summed E-state index contributed by atoms with van der Waals surface area (Å²) in [4.78, 5) is 28.8. The smallest absolute Gasteiger partial charge is 0.277 e. The standard InChI is InChI=1S/C19H15N5O2/c1-23-16(25)11-10-14(22-23)19(26)21-18-17(13-7-3-2-4-8-13)20-15-9-5-6-12-24(15)18/h2-12H,1H3,(H,21,26). The Kier molecular flexibility index (Phi) is 3.81. The maximum atomic E-state index is 12.7. The first kappa shape index (κ1) is 15.8. The van der Waals surface area contributed by atoms with Gasteiger partial charge in [0.2, 0.25) is 0 Å². The molecule has 1 N–H and O–H groups in total. The van der Waals surface area contributed by atoms with Crippen molar-refractivity contribution in [1.29, 1.82) is 0 Å². The summed E-state index contributed by atoms with van der Waals surface area (Å²) in [5.74, 6) is 0.135. The van der Waals surface area contributed by atoms with E-state index in [0.717, 1.165) is 15.9 Å². The van der Waals surface area contributed by atoms with Crippen LogP contribution in [-0.2, 0) is 7.05 Å². The minimum Gasteiger partial charge on any atom is -0.304 e. The number of anilines is 1. The zero-order chi connectivity index (χ0) is 18.1. The van der Waals surface area contributed by atoms with Crippen molar-refractivity contribution in [2.75, 3.05) is 5.32 Å². The summed E-state index contributed by atoms with van der Waals surface area (Å²) in [6.07, 6.45) is 1.83. The lowest BCUT2D eigenvalue weighted by Crippen LogP contribution is -2.24. The molecule has 7 heteroatoms. The number of pyridine rings is 1. The lowest BCUT2D eigenvalue weighted by atomic mass is 10.1. The summed E-state index contributed by atoms with van der Waals surface area (Å²) in [5, 5.41) is 6.88. The van der Waals surface area contributed by atoms with Gasteiger partial charge >= 0.3 is 0 Å². The van der Waals surface area contributed by atoms with E-state index in [0.29, 0.717) is 11.5 Å². The third-order valence-electron chi connectivity index (χ3n) is 4.00. The molecule has 0 atom stereocenters. The molecule has 1 aromatic carbocycles. The number of hydrogen-bond donors (Lipinski definition) is 1. The van der Waals surface area contributed by atoms with Crippen LogP contribution in [0.25, 0.3) is 16.9 Å². The fraction of sp³-hybridized carbons (Fsp3) is 0.0526. The number of nitrogens with zero attached hydrogens (tertiary/aromatic N) is 4. The van der Waals surface area contributed by atoms with E-state index in [1.165, 1.54) is 19.2 Å². The number of nitrogens with one attached hydrogen (secondary N) is 1. The second-order valence-corrected chi connectivity index (χ2v) is 5.74. The summed E-state index contributed by atoms with van der Waals surface area (Å²) >= 11 is 0. The van der Waals surface area contributed by atoms with E-state index in [4.69, 9.17) is 0 Å². The maximum absolute atomic E-state index is 12.7. The highest BCUT2D eigenvalue weighted by Gasteiger charge is 2.18. The Hall–Kier alpha value is -3.74. The van der Waals surface area contributed by atoms with E-state index < -0.39 is 5.91 Å². The van der Waals surface area contributed by atoms with Gasteiger partial charge in [0.15, 0.2) is 0 Å². The SMILES string of the molecule is Cn1nc(C(=O)Nc2c(-c3ccccc3)nc3ccccn23)ccc1=O. The molecule has 0 bridgehead atoms. The molecule has 0 fully saturated rings. The second-order valence-electron chi connectivity index (χ2n) is 5.74. The van der Waals surface area contributed by atoms with Gasteiger partial charge in [-0.25, -0.2) is 9.67 Å². The van der Waals surface area contributed by atoms with Crippen LogP contribution in [0.5, 0.6) is 0 Å². The molecular weight excluding hydrogens is 330 g/mol. The molecular formula is C19H15N5O2. The fourth-order valence-electron chi connectivity index (χ4n) is 2.71. The predicted molar refractivity (Wildman–Crippen MR) is 98.1 cm³/mol. The number of benzene rings is 1. The fourth-order valence-corrected chi connectivity index (χ4v) is 2.71. The minimum absolute atomic E-state index is 0.150. The molecule has 1 amide bonds. The predicted octanol–water partition coefficient (Wildman–Crippen LogP) is 2.35. The molecule has 4 aromatic rings. The van der Waals surface area contributed by atoms with E-state index in [2.05, 4.69) is 15.4 Å². The van der Waals surface area contributed by atoms with Crippen LogP contribution in [0.4, 0.5) is 5.82 Å². The summed E-state index contributed by atoms with van der Waals surface area (Å²) in [5.41, 5.74) is 2.14. The first-order chi connectivity index (χ1) is 12.6. The van der Waals surface area contributed by atoms with Gasteiger partial charge in [0, 0.05) is 24.9 Å². The highest BCUT2D eigenvalue weighted by Crippen LogP contribution is 2.28. The Morgan fingerprint density at radius 2 is 1.77 bits per heavy atom. The molecule has 4 rings (SSSR count).